The molecule has 0 N–H and O–H groups in total. The number of thioether (sulfide) groups is 1. The number of benzene rings is 1. The smallest absolute Gasteiger partial charge is 0.239 e. The average Bonchev–Trinajstić information content (AvgIpc) is 3.13. The van der Waals surface area contributed by atoms with Crippen molar-refractivity contribution in [2.75, 3.05) is 12.3 Å². The summed E-state index contributed by atoms with van der Waals surface area (Å²) in [7, 11) is 0. The Bertz CT molecular complexity index is 720. The van der Waals surface area contributed by atoms with E-state index in [1.54, 1.807) is 12.1 Å². The van der Waals surface area contributed by atoms with Crippen molar-refractivity contribution in [1.82, 2.24) is 25.1 Å². The van der Waals surface area contributed by atoms with Gasteiger partial charge in [0.15, 0.2) is 0 Å². The van der Waals surface area contributed by atoms with E-state index in [0.29, 0.717) is 30.2 Å². The van der Waals surface area contributed by atoms with Gasteiger partial charge in [0.05, 0.1) is 11.4 Å². The first-order valence-corrected chi connectivity index (χ1v) is 7.64. The van der Waals surface area contributed by atoms with E-state index in [2.05, 4.69) is 15.5 Å². The molecule has 0 bridgehead atoms. The second kappa shape index (κ2) is 6.22. The Morgan fingerprint density at radius 2 is 2.27 bits per heavy atom. The van der Waals surface area contributed by atoms with Gasteiger partial charge in [0.2, 0.25) is 17.0 Å². The van der Waals surface area contributed by atoms with Crippen molar-refractivity contribution in [3.8, 4) is 5.69 Å². The van der Waals surface area contributed by atoms with Crippen LogP contribution in [0.4, 0.5) is 4.39 Å². The maximum Gasteiger partial charge on any atom is 0.239 e. The minimum absolute atomic E-state index is 0.0570. The number of rotatable bonds is 4. The third kappa shape index (κ3) is 2.98. The van der Waals surface area contributed by atoms with Crippen LogP contribution in [0.25, 0.3) is 5.69 Å². The second-order valence-corrected chi connectivity index (χ2v) is 5.63. The largest absolute Gasteiger partial charge is 0.282 e. The summed E-state index contributed by atoms with van der Waals surface area (Å²) in [5, 5.41) is 11.5. The molecule has 9 heteroatoms. The molecule has 2 heterocycles. The number of carbonyl (C=O) groups excluding carboxylic acids is 2. The number of halogens is 1. The van der Waals surface area contributed by atoms with Gasteiger partial charge in [-0.2, -0.15) is 4.68 Å². The molecule has 0 atom stereocenters. The van der Waals surface area contributed by atoms with Gasteiger partial charge in [0.25, 0.3) is 0 Å². The Morgan fingerprint density at radius 3 is 3.00 bits per heavy atom. The lowest BCUT2D eigenvalue weighted by atomic mass is 10.3. The number of hydrogen-bond donors (Lipinski definition) is 0. The molecule has 1 saturated heterocycles. The van der Waals surface area contributed by atoms with Gasteiger partial charge in [0, 0.05) is 13.0 Å². The highest BCUT2D eigenvalue weighted by atomic mass is 32.2. The molecule has 1 aromatic heterocycles. The molecule has 22 heavy (non-hydrogen) atoms. The van der Waals surface area contributed by atoms with E-state index in [4.69, 9.17) is 0 Å². The number of amides is 2. The van der Waals surface area contributed by atoms with Gasteiger partial charge >= 0.3 is 0 Å². The summed E-state index contributed by atoms with van der Waals surface area (Å²) in [6, 6.07) is 5.83. The fraction of sp³-hybridized carbons (Fsp3) is 0.308. The molecule has 0 saturated carbocycles. The lowest BCUT2D eigenvalue weighted by Crippen LogP contribution is -2.33. The zero-order valence-corrected chi connectivity index (χ0v) is 12.3. The normalized spacial score (nSPS) is 14.6. The van der Waals surface area contributed by atoms with Gasteiger partial charge in [-0.05, 0) is 35.0 Å². The molecule has 1 aromatic carbocycles. The van der Waals surface area contributed by atoms with E-state index < -0.39 is 5.82 Å². The van der Waals surface area contributed by atoms with Crippen LogP contribution in [0.5, 0.6) is 0 Å². The van der Waals surface area contributed by atoms with Gasteiger partial charge in [-0.3, -0.25) is 14.5 Å². The van der Waals surface area contributed by atoms with E-state index >= 15 is 0 Å². The molecule has 1 fully saturated rings. The summed E-state index contributed by atoms with van der Waals surface area (Å²) in [5.74, 6) is -0.749. The summed E-state index contributed by atoms with van der Waals surface area (Å²) in [6.07, 6.45) is 1.12. The Hall–Kier alpha value is -2.29. The highest BCUT2D eigenvalue weighted by molar-refractivity contribution is 7.99. The maximum atomic E-state index is 13.3. The van der Waals surface area contributed by atoms with E-state index in [1.165, 1.54) is 21.7 Å². The summed E-state index contributed by atoms with van der Waals surface area (Å²) in [4.78, 5) is 24.8. The monoisotopic (exact) mass is 321 g/mol. The van der Waals surface area contributed by atoms with Crippen LogP contribution in [0.3, 0.4) is 0 Å². The predicted molar refractivity (Wildman–Crippen MR) is 75.8 cm³/mol. The van der Waals surface area contributed by atoms with Crippen LogP contribution >= 0.6 is 11.8 Å². The van der Waals surface area contributed by atoms with Crippen LogP contribution in [0.2, 0.25) is 0 Å². The summed E-state index contributed by atoms with van der Waals surface area (Å²) >= 11 is 1.11. The van der Waals surface area contributed by atoms with Crippen LogP contribution in [0.1, 0.15) is 12.8 Å². The first-order chi connectivity index (χ1) is 10.6. The predicted octanol–water partition coefficient (Wildman–Crippen LogP) is 1.04. The number of tetrazole rings is 1. The SMILES string of the molecule is O=C1CCCN1C(=O)CSc1nnnn1-c1cccc(F)c1. The first-order valence-electron chi connectivity index (χ1n) is 6.65. The standard InChI is InChI=1S/C13H12FN5O2S/c14-9-3-1-4-10(7-9)19-13(15-16-17-19)22-8-12(21)18-6-2-5-11(18)20/h1,3-4,7H,2,5-6,8H2. The molecule has 114 valence electrons. The minimum Gasteiger partial charge on any atom is -0.282 e. The molecule has 7 nitrogen and oxygen atoms in total. The van der Waals surface area contributed by atoms with Crippen LogP contribution in [-0.4, -0.2) is 49.2 Å². The molecule has 1 aliphatic heterocycles. The van der Waals surface area contributed by atoms with Crippen LogP contribution in [0, 0.1) is 5.82 Å². The van der Waals surface area contributed by atoms with Crippen LogP contribution in [0.15, 0.2) is 29.4 Å². The Labute approximate surface area is 129 Å². The van der Waals surface area contributed by atoms with Crippen LogP contribution in [-0.2, 0) is 9.59 Å². The highest BCUT2D eigenvalue weighted by Gasteiger charge is 2.26. The third-order valence-corrected chi connectivity index (χ3v) is 4.10. The van der Waals surface area contributed by atoms with E-state index in [0.717, 1.165) is 11.8 Å². The van der Waals surface area contributed by atoms with E-state index in [9.17, 15) is 14.0 Å². The van der Waals surface area contributed by atoms with Crippen molar-refractivity contribution in [3.63, 3.8) is 0 Å². The molecule has 0 aliphatic carbocycles. The lowest BCUT2D eigenvalue weighted by Gasteiger charge is -2.12. The van der Waals surface area contributed by atoms with Crippen molar-refractivity contribution in [2.45, 2.75) is 18.0 Å². The number of carbonyl (C=O) groups is 2. The minimum atomic E-state index is -0.400. The topological polar surface area (TPSA) is 81.0 Å². The first kappa shape index (κ1) is 14.6. The van der Waals surface area contributed by atoms with E-state index in [-0.39, 0.29) is 17.6 Å². The molecule has 1 aliphatic rings. The molecule has 0 radical (unpaired) electrons. The van der Waals surface area contributed by atoms with Crippen molar-refractivity contribution >= 4 is 23.6 Å². The molecular formula is C13H12FN5O2S. The number of nitrogens with zero attached hydrogens (tertiary/aromatic N) is 5. The number of aromatic nitrogens is 4. The lowest BCUT2D eigenvalue weighted by molar-refractivity contribution is -0.140. The van der Waals surface area contributed by atoms with E-state index in [1.807, 2.05) is 0 Å². The van der Waals surface area contributed by atoms with Crippen LogP contribution < -0.4 is 0 Å². The molecule has 3 rings (SSSR count). The van der Waals surface area contributed by atoms with Crippen molar-refractivity contribution in [3.05, 3.63) is 30.1 Å². The molecular weight excluding hydrogens is 309 g/mol. The average molecular weight is 321 g/mol. The van der Waals surface area contributed by atoms with Crippen molar-refractivity contribution < 1.29 is 14.0 Å². The van der Waals surface area contributed by atoms with Gasteiger partial charge in [-0.1, -0.05) is 17.8 Å². The fourth-order valence-electron chi connectivity index (χ4n) is 2.15. The number of likely N-dealkylation sites (tertiary alicyclic amines) is 1. The zero-order chi connectivity index (χ0) is 15.5. The summed E-state index contributed by atoms with van der Waals surface area (Å²) in [5.41, 5.74) is 0.470. The number of hydrogen-bond acceptors (Lipinski definition) is 6. The van der Waals surface area contributed by atoms with Gasteiger partial charge < -0.3 is 0 Å². The van der Waals surface area contributed by atoms with Crippen molar-refractivity contribution in [1.29, 1.82) is 0 Å². The Balaban J connectivity index is 1.70. The quantitative estimate of drug-likeness (QED) is 0.783. The summed E-state index contributed by atoms with van der Waals surface area (Å²) in [6.45, 7) is 0.465. The van der Waals surface area contributed by atoms with Crippen molar-refractivity contribution in [2.24, 2.45) is 0 Å². The zero-order valence-electron chi connectivity index (χ0n) is 11.5. The summed E-state index contributed by atoms with van der Waals surface area (Å²) < 4.78 is 14.6. The fourth-order valence-corrected chi connectivity index (χ4v) is 2.92. The molecule has 2 amide bonds. The van der Waals surface area contributed by atoms with Gasteiger partial charge in [-0.25, -0.2) is 4.39 Å². The maximum absolute atomic E-state index is 13.3. The molecule has 2 aromatic rings. The highest BCUT2D eigenvalue weighted by Crippen LogP contribution is 2.20. The second-order valence-electron chi connectivity index (χ2n) is 4.68. The number of imide groups is 1. The third-order valence-electron chi connectivity index (χ3n) is 3.19. The van der Waals surface area contributed by atoms with Gasteiger partial charge in [-0.15, -0.1) is 5.10 Å². The molecule has 0 spiro atoms. The molecule has 0 unspecified atom stereocenters. The Kier molecular flexibility index (Phi) is 4.14. The Morgan fingerprint density at radius 1 is 1.41 bits per heavy atom. The van der Waals surface area contributed by atoms with Gasteiger partial charge in [0.1, 0.15) is 5.82 Å².